The second-order valence-electron chi connectivity index (χ2n) is 9.63. The minimum Gasteiger partial charge on any atom is -0.497 e. The SMILES string of the molecule is CCOc1ccc(-c2nc3n(n2)C(c2cc(OC)ccc2OC)C2=C(CC(C)(C)CC2=O)N3)cc1. The van der Waals surface area contributed by atoms with Gasteiger partial charge < -0.3 is 19.5 Å². The normalized spacial score (nSPS) is 18.4. The Morgan fingerprint density at radius 3 is 2.49 bits per heavy atom. The average molecular weight is 475 g/mol. The largest absolute Gasteiger partial charge is 0.497 e. The number of nitrogens with one attached hydrogen (secondary N) is 1. The molecule has 1 atom stereocenters. The fraction of sp³-hybridized carbons (Fsp3) is 0.370. The number of rotatable bonds is 6. The number of Topliss-reactive ketones (excluding diaryl/α,β-unsaturated/α-hetero) is 1. The van der Waals surface area contributed by atoms with Gasteiger partial charge in [0, 0.05) is 28.8 Å². The molecule has 0 saturated carbocycles. The van der Waals surface area contributed by atoms with Crippen LogP contribution >= 0.6 is 0 Å². The van der Waals surface area contributed by atoms with Crippen LogP contribution < -0.4 is 19.5 Å². The molecule has 0 saturated heterocycles. The van der Waals surface area contributed by atoms with Gasteiger partial charge in [0.1, 0.15) is 23.3 Å². The zero-order chi connectivity index (χ0) is 24.7. The summed E-state index contributed by atoms with van der Waals surface area (Å²) >= 11 is 0. The Kier molecular flexibility index (Phi) is 5.75. The molecule has 5 rings (SSSR count). The molecule has 1 N–H and O–H groups in total. The van der Waals surface area contributed by atoms with Gasteiger partial charge in [-0.1, -0.05) is 13.8 Å². The van der Waals surface area contributed by atoms with E-state index in [1.54, 1.807) is 18.9 Å². The topological polar surface area (TPSA) is 87.5 Å². The average Bonchev–Trinajstić information content (AvgIpc) is 3.26. The summed E-state index contributed by atoms with van der Waals surface area (Å²) in [6, 6.07) is 12.8. The van der Waals surface area contributed by atoms with E-state index in [1.165, 1.54) is 0 Å². The van der Waals surface area contributed by atoms with Gasteiger partial charge in [0.15, 0.2) is 11.6 Å². The molecule has 1 aliphatic carbocycles. The molecule has 2 heterocycles. The van der Waals surface area contributed by atoms with Crippen molar-refractivity contribution < 1.29 is 19.0 Å². The van der Waals surface area contributed by atoms with Crippen LogP contribution in [0.5, 0.6) is 17.2 Å². The number of allylic oxidation sites excluding steroid dienone is 2. The summed E-state index contributed by atoms with van der Waals surface area (Å²) in [4.78, 5) is 18.3. The monoisotopic (exact) mass is 474 g/mol. The third-order valence-electron chi connectivity index (χ3n) is 6.49. The molecule has 1 unspecified atom stereocenters. The zero-order valence-electron chi connectivity index (χ0n) is 20.7. The first-order valence-electron chi connectivity index (χ1n) is 11.8. The highest BCUT2D eigenvalue weighted by molar-refractivity contribution is 6.00. The number of ether oxygens (including phenoxy) is 3. The van der Waals surface area contributed by atoms with Gasteiger partial charge in [0.25, 0.3) is 0 Å². The smallest absolute Gasteiger partial charge is 0.226 e. The second-order valence-corrected chi connectivity index (χ2v) is 9.63. The standard InChI is InChI=1S/C27H30N4O4/c1-6-35-17-9-7-16(8-10-17)25-29-26-28-20-14-27(2,3)15-21(32)23(20)24(31(26)30-25)19-13-18(33-4)11-12-22(19)34-5/h7-13,24H,6,14-15H2,1-5H3,(H,28,29,30). The number of ketones is 1. The van der Waals surface area contributed by atoms with Crippen LogP contribution in [0.1, 0.15) is 45.2 Å². The Morgan fingerprint density at radius 2 is 1.80 bits per heavy atom. The van der Waals surface area contributed by atoms with Gasteiger partial charge in [-0.3, -0.25) is 4.79 Å². The summed E-state index contributed by atoms with van der Waals surface area (Å²) in [7, 11) is 3.25. The third-order valence-corrected chi connectivity index (χ3v) is 6.49. The molecule has 8 heteroatoms. The van der Waals surface area contributed by atoms with Crippen LogP contribution in [0.3, 0.4) is 0 Å². The second kappa shape index (κ2) is 8.76. The van der Waals surface area contributed by atoms with E-state index in [2.05, 4.69) is 19.2 Å². The first-order chi connectivity index (χ1) is 16.8. The van der Waals surface area contributed by atoms with E-state index in [0.717, 1.165) is 29.0 Å². The lowest BCUT2D eigenvalue weighted by molar-refractivity contribution is -0.118. The number of hydrogen-bond acceptors (Lipinski definition) is 7. The quantitative estimate of drug-likeness (QED) is 0.537. The molecule has 3 aromatic rings. The van der Waals surface area contributed by atoms with E-state index in [9.17, 15) is 4.79 Å². The van der Waals surface area contributed by atoms with E-state index in [-0.39, 0.29) is 11.2 Å². The summed E-state index contributed by atoms with van der Waals surface area (Å²) < 4.78 is 18.6. The fourth-order valence-electron chi connectivity index (χ4n) is 4.94. The van der Waals surface area contributed by atoms with Crippen molar-refractivity contribution in [3.8, 4) is 28.6 Å². The van der Waals surface area contributed by atoms with Crippen molar-refractivity contribution in [2.24, 2.45) is 5.41 Å². The number of benzene rings is 2. The van der Waals surface area contributed by atoms with E-state index >= 15 is 0 Å². The van der Waals surface area contributed by atoms with Crippen molar-refractivity contribution in [1.29, 1.82) is 0 Å². The molecule has 2 aromatic carbocycles. The summed E-state index contributed by atoms with van der Waals surface area (Å²) in [6.07, 6.45) is 1.20. The molecule has 0 fully saturated rings. The van der Waals surface area contributed by atoms with Gasteiger partial charge in [0.05, 0.1) is 20.8 Å². The van der Waals surface area contributed by atoms with Crippen LogP contribution in [-0.2, 0) is 4.79 Å². The van der Waals surface area contributed by atoms with Crippen molar-refractivity contribution >= 4 is 11.7 Å². The van der Waals surface area contributed by atoms with Crippen molar-refractivity contribution in [1.82, 2.24) is 14.8 Å². The lowest BCUT2D eigenvalue weighted by Crippen LogP contribution is -2.36. The van der Waals surface area contributed by atoms with Crippen LogP contribution in [0.4, 0.5) is 5.95 Å². The number of aromatic nitrogens is 3. The first-order valence-corrected chi connectivity index (χ1v) is 11.8. The number of nitrogens with zero attached hydrogens (tertiary/aromatic N) is 3. The number of hydrogen-bond donors (Lipinski definition) is 1. The maximum absolute atomic E-state index is 13.5. The van der Waals surface area contributed by atoms with Crippen molar-refractivity contribution in [2.45, 2.75) is 39.7 Å². The molecule has 1 aliphatic heterocycles. The maximum atomic E-state index is 13.5. The fourth-order valence-corrected chi connectivity index (χ4v) is 4.94. The number of fused-ring (bicyclic) bond motifs is 1. The Hall–Kier alpha value is -3.81. The summed E-state index contributed by atoms with van der Waals surface area (Å²) in [6.45, 7) is 6.78. The Labute approximate surface area is 204 Å². The number of carbonyl (C=O) groups excluding carboxylic acids is 1. The van der Waals surface area contributed by atoms with Crippen molar-refractivity contribution in [3.05, 3.63) is 59.3 Å². The summed E-state index contributed by atoms with van der Waals surface area (Å²) in [5.74, 6) is 3.39. The predicted octanol–water partition coefficient (Wildman–Crippen LogP) is 5.02. The molecule has 1 aromatic heterocycles. The molecule has 35 heavy (non-hydrogen) atoms. The maximum Gasteiger partial charge on any atom is 0.226 e. The van der Waals surface area contributed by atoms with E-state index in [1.807, 2.05) is 49.4 Å². The van der Waals surface area contributed by atoms with E-state index in [4.69, 9.17) is 24.3 Å². The summed E-state index contributed by atoms with van der Waals surface area (Å²) in [5, 5.41) is 8.29. The van der Waals surface area contributed by atoms with Gasteiger partial charge in [-0.05, 0) is 61.2 Å². The molecule has 0 amide bonds. The highest BCUT2D eigenvalue weighted by atomic mass is 16.5. The van der Waals surface area contributed by atoms with Crippen LogP contribution in [0, 0.1) is 5.41 Å². The molecule has 0 spiro atoms. The van der Waals surface area contributed by atoms with Crippen LogP contribution in [-0.4, -0.2) is 41.4 Å². The number of methoxy groups -OCH3 is 2. The molecule has 182 valence electrons. The molecular formula is C27H30N4O4. The number of anilines is 1. The predicted molar refractivity (Wildman–Crippen MR) is 133 cm³/mol. The van der Waals surface area contributed by atoms with Crippen LogP contribution in [0.2, 0.25) is 0 Å². The highest BCUT2D eigenvalue weighted by Gasteiger charge is 2.43. The third kappa shape index (κ3) is 4.13. The number of carbonyl (C=O) groups is 1. The Balaban J connectivity index is 1.67. The molecular weight excluding hydrogens is 444 g/mol. The van der Waals surface area contributed by atoms with Gasteiger partial charge in [-0.2, -0.15) is 4.98 Å². The zero-order valence-corrected chi connectivity index (χ0v) is 20.7. The lowest BCUT2D eigenvalue weighted by Gasteiger charge is -2.38. The molecule has 2 aliphatic rings. The molecule has 0 bridgehead atoms. The van der Waals surface area contributed by atoms with Crippen molar-refractivity contribution in [2.75, 3.05) is 26.1 Å². The Bertz CT molecular complexity index is 1310. The Morgan fingerprint density at radius 1 is 1.06 bits per heavy atom. The highest BCUT2D eigenvalue weighted by Crippen LogP contribution is 2.47. The minimum atomic E-state index is -0.487. The van der Waals surface area contributed by atoms with Gasteiger partial charge in [0.2, 0.25) is 5.95 Å². The minimum absolute atomic E-state index is 0.0994. The van der Waals surface area contributed by atoms with E-state index < -0.39 is 6.04 Å². The molecule has 0 radical (unpaired) electrons. The van der Waals surface area contributed by atoms with Gasteiger partial charge in [-0.15, -0.1) is 5.10 Å². The van der Waals surface area contributed by atoms with Gasteiger partial charge >= 0.3 is 0 Å². The van der Waals surface area contributed by atoms with Crippen LogP contribution in [0.25, 0.3) is 11.4 Å². The van der Waals surface area contributed by atoms with Crippen LogP contribution in [0.15, 0.2) is 53.7 Å². The van der Waals surface area contributed by atoms with E-state index in [0.29, 0.717) is 41.9 Å². The van der Waals surface area contributed by atoms with Gasteiger partial charge in [-0.25, -0.2) is 4.68 Å². The van der Waals surface area contributed by atoms with Crippen molar-refractivity contribution in [3.63, 3.8) is 0 Å². The first kappa shape index (κ1) is 23.0. The lowest BCUT2D eigenvalue weighted by atomic mass is 9.73. The summed E-state index contributed by atoms with van der Waals surface area (Å²) in [5.41, 5.74) is 3.11. The molecule has 8 nitrogen and oxygen atoms in total.